The third-order valence-electron chi connectivity index (χ3n) is 6.59. The second-order valence-electron chi connectivity index (χ2n) is 8.96. The fourth-order valence-electron chi connectivity index (χ4n) is 5.10. The molecule has 2 atom stereocenters. The van der Waals surface area contributed by atoms with E-state index in [0.717, 1.165) is 43.3 Å². The molecule has 0 unspecified atom stereocenters. The molecule has 1 N–H and O–H groups in total. The van der Waals surface area contributed by atoms with Gasteiger partial charge < -0.3 is 14.9 Å². The van der Waals surface area contributed by atoms with E-state index in [-0.39, 0.29) is 17.6 Å². The third kappa shape index (κ3) is 3.01. The first-order valence-corrected chi connectivity index (χ1v) is 10.4. The smallest absolute Gasteiger partial charge is 0.133 e. The van der Waals surface area contributed by atoms with Crippen LogP contribution in [0.2, 0.25) is 0 Å². The molecule has 1 aromatic heterocycles. The predicted molar refractivity (Wildman–Crippen MR) is 113 cm³/mol. The maximum atomic E-state index is 11.4. The van der Waals surface area contributed by atoms with Crippen molar-refractivity contribution in [3.8, 4) is 0 Å². The number of piperidine rings is 1. The van der Waals surface area contributed by atoms with Gasteiger partial charge in [-0.15, -0.1) is 0 Å². The molecule has 4 rings (SSSR count). The second-order valence-corrected chi connectivity index (χ2v) is 8.96. The Hall–Kier alpha value is -1.98. The van der Waals surface area contributed by atoms with Crippen LogP contribution in [0.4, 0.5) is 5.82 Å². The number of likely N-dealkylation sites (N-methyl/N-ethyl adjacent to an activating group) is 1. The molecule has 1 aromatic carbocycles. The molecule has 2 aromatic rings. The molecule has 0 radical (unpaired) electrons. The number of rotatable bonds is 3. The molecule has 1 saturated heterocycles. The van der Waals surface area contributed by atoms with E-state index in [9.17, 15) is 5.11 Å². The molecule has 1 aliphatic heterocycles. The van der Waals surface area contributed by atoms with Gasteiger partial charge in [-0.3, -0.25) is 0 Å². The Morgan fingerprint density at radius 1 is 1.14 bits per heavy atom. The number of aryl methyl sites for hydroxylation is 1. The Morgan fingerprint density at radius 2 is 1.82 bits per heavy atom. The first kappa shape index (κ1) is 19.3. The van der Waals surface area contributed by atoms with Gasteiger partial charge >= 0.3 is 0 Å². The van der Waals surface area contributed by atoms with E-state index in [2.05, 4.69) is 73.1 Å². The van der Waals surface area contributed by atoms with Crippen molar-refractivity contribution in [3.63, 3.8) is 0 Å². The Morgan fingerprint density at radius 3 is 2.46 bits per heavy atom. The average Bonchev–Trinajstić information content (AvgIpc) is 2.90. The van der Waals surface area contributed by atoms with Crippen molar-refractivity contribution in [1.29, 1.82) is 0 Å². The Bertz CT molecular complexity index is 855. The van der Waals surface area contributed by atoms with Gasteiger partial charge in [0.25, 0.3) is 0 Å². The van der Waals surface area contributed by atoms with Crippen LogP contribution in [0.5, 0.6) is 0 Å². The van der Waals surface area contributed by atoms with Crippen molar-refractivity contribution in [2.24, 2.45) is 0 Å². The van der Waals surface area contributed by atoms with Crippen molar-refractivity contribution < 1.29 is 5.11 Å². The summed E-state index contributed by atoms with van der Waals surface area (Å²) in [5.41, 5.74) is 3.48. The van der Waals surface area contributed by atoms with Crippen molar-refractivity contribution in [3.05, 3.63) is 53.0 Å². The number of fused-ring (bicyclic) bond motifs is 2. The largest absolute Gasteiger partial charge is 0.390 e. The van der Waals surface area contributed by atoms with Gasteiger partial charge in [0.2, 0.25) is 0 Å². The van der Waals surface area contributed by atoms with Crippen molar-refractivity contribution in [1.82, 2.24) is 14.9 Å². The minimum Gasteiger partial charge on any atom is -0.390 e. The van der Waals surface area contributed by atoms with Crippen LogP contribution in [0.25, 0.3) is 0 Å². The van der Waals surface area contributed by atoms with Crippen LogP contribution < -0.4 is 4.90 Å². The van der Waals surface area contributed by atoms with Crippen LogP contribution in [-0.4, -0.2) is 53.3 Å². The number of aliphatic hydroxyl groups is 1. The average molecular weight is 381 g/mol. The summed E-state index contributed by atoms with van der Waals surface area (Å²) >= 11 is 0. The number of nitrogens with zero attached hydrogens (tertiary/aromatic N) is 4. The molecule has 5 heteroatoms. The van der Waals surface area contributed by atoms with E-state index in [1.807, 2.05) is 6.92 Å². The monoisotopic (exact) mass is 380 g/mol. The SMILES string of the molecule is Cc1cc(N2CCC3(CC2)c2ccccc2[C@@H](N(C)C)[C@@H]3O)nc(C(C)C)n1. The van der Waals surface area contributed by atoms with E-state index >= 15 is 0 Å². The quantitative estimate of drug-likeness (QED) is 0.884. The lowest BCUT2D eigenvalue weighted by Gasteiger charge is -2.43. The van der Waals surface area contributed by atoms with E-state index in [1.165, 1.54) is 11.1 Å². The predicted octanol–water partition coefficient (Wildman–Crippen LogP) is 3.42. The lowest BCUT2D eigenvalue weighted by molar-refractivity contribution is 0.0166. The minimum absolute atomic E-state index is 0.0663. The zero-order chi connectivity index (χ0) is 20.1. The summed E-state index contributed by atoms with van der Waals surface area (Å²) in [6.07, 6.45) is 1.51. The summed E-state index contributed by atoms with van der Waals surface area (Å²) in [5.74, 6) is 2.25. The normalized spacial score (nSPS) is 23.6. The first-order valence-electron chi connectivity index (χ1n) is 10.4. The molecule has 1 fully saturated rings. The zero-order valence-corrected chi connectivity index (χ0v) is 17.7. The van der Waals surface area contributed by atoms with Gasteiger partial charge in [0.05, 0.1) is 12.1 Å². The summed E-state index contributed by atoms with van der Waals surface area (Å²) < 4.78 is 0. The molecular formula is C23H32N4O. The molecule has 5 nitrogen and oxygen atoms in total. The number of hydrogen-bond donors (Lipinski definition) is 1. The molecule has 0 saturated carbocycles. The number of aromatic nitrogens is 2. The molecule has 0 bridgehead atoms. The van der Waals surface area contributed by atoms with E-state index in [1.54, 1.807) is 0 Å². The summed E-state index contributed by atoms with van der Waals surface area (Å²) in [4.78, 5) is 13.9. The Balaban J connectivity index is 1.62. The van der Waals surface area contributed by atoms with E-state index < -0.39 is 0 Å². The van der Waals surface area contributed by atoms with Crippen LogP contribution in [0.1, 0.15) is 61.3 Å². The van der Waals surface area contributed by atoms with Gasteiger partial charge in [-0.2, -0.15) is 0 Å². The maximum Gasteiger partial charge on any atom is 0.133 e. The van der Waals surface area contributed by atoms with Crippen molar-refractivity contribution >= 4 is 5.82 Å². The summed E-state index contributed by atoms with van der Waals surface area (Å²) in [6.45, 7) is 8.12. The van der Waals surface area contributed by atoms with Crippen LogP contribution in [0.3, 0.4) is 0 Å². The molecule has 150 valence electrons. The fraction of sp³-hybridized carbons (Fsp3) is 0.565. The van der Waals surface area contributed by atoms with Crippen molar-refractivity contribution in [2.45, 2.75) is 57.1 Å². The maximum absolute atomic E-state index is 11.4. The van der Waals surface area contributed by atoms with Gasteiger partial charge in [-0.25, -0.2) is 9.97 Å². The lowest BCUT2D eigenvalue weighted by Crippen LogP contribution is -2.49. The molecule has 1 spiro atoms. The molecular weight excluding hydrogens is 348 g/mol. The lowest BCUT2D eigenvalue weighted by atomic mass is 9.72. The molecule has 0 amide bonds. The molecule has 1 aliphatic carbocycles. The highest BCUT2D eigenvalue weighted by atomic mass is 16.3. The van der Waals surface area contributed by atoms with Crippen LogP contribution >= 0.6 is 0 Å². The Labute approximate surface area is 168 Å². The first-order chi connectivity index (χ1) is 13.3. The van der Waals surface area contributed by atoms with Gasteiger partial charge in [0.15, 0.2) is 0 Å². The number of aliphatic hydroxyl groups excluding tert-OH is 1. The third-order valence-corrected chi connectivity index (χ3v) is 6.59. The summed E-state index contributed by atoms with van der Waals surface area (Å²) in [6, 6.07) is 10.8. The highest BCUT2D eigenvalue weighted by Gasteiger charge is 2.53. The molecule has 28 heavy (non-hydrogen) atoms. The zero-order valence-electron chi connectivity index (χ0n) is 17.7. The van der Waals surface area contributed by atoms with E-state index in [4.69, 9.17) is 4.98 Å². The summed E-state index contributed by atoms with van der Waals surface area (Å²) in [5, 5.41) is 11.4. The van der Waals surface area contributed by atoms with Gasteiger partial charge in [-0.05, 0) is 45.0 Å². The van der Waals surface area contributed by atoms with Gasteiger partial charge in [0.1, 0.15) is 11.6 Å². The van der Waals surface area contributed by atoms with Gasteiger partial charge in [-0.1, -0.05) is 38.1 Å². The molecule has 2 aliphatic rings. The standard InChI is InChI=1S/C23H32N4O/c1-15(2)22-24-16(3)14-19(25-22)27-12-10-23(11-13-27)18-9-7-6-8-17(18)20(21(23)28)26(4)5/h6-9,14-15,20-21,28H,10-13H2,1-5H3/t20-,21+/m1/s1. The highest BCUT2D eigenvalue weighted by Crippen LogP contribution is 2.52. The highest BCUT2D eigenvalue weighted by molar-refractivity contribution is 5.48. The topological polar surface area (TPSA) is 52.5 Å². The number of anilines is 1. The molecule has 2 heterocycles. The summed E-state index contributed by atoms with van der Waals surface area (Å²) in [7, 11) is 4.13. The Kier molecular flexibility index (Phi) is 4.92. The van der Waals surface area contributed by atoms with Crippen LogP contribution in [-0.2, 0) is 5.41 Å². The van der Waals surface area contributed by atoms with E-state index in [0.29, 0.717) is 5.92 Å². The van der Waals surface area contributed by atoms with Crippen LogP contribution in [0, 0.1) is 6.92 Å². The van der Waals surface area contributed by atoms with Gasteiger partial charge in [0, 0.05) is 36.2 Å². The van der Waals surface area contributed by atoms with Crippen molar-refractivity contribution in [2.75, 3.05) is 32.1 Å². The van der Waals surface area contributed by atoms with Crippen LogP contribution in [0.15, 0.2) is 30.3 Å². The minimum atomic E-state index is -0.375. The second kappa shape index (κ2) is 7.12. The number of hydrogen-bond acceptors (Lipinski definition) is 5. The number of benzene rings is 1. The fourth-order valence-corrected chi connectivity index (χ4v) is 5.10.